The number of ether oxygens (including phenoxy) is 1. The van der Waals surface area contributed by atoms with E-state index in [9.17, 15) is 4.79 Å². The normalized spacial score (nSPS) is 11.2. The molecule has 0 saturated heterocycles. The van der Waals surface area contributed by atoms with Crippen molar-refractivity contribution in [3.63, 3.8) is 0 Å². The zero-order chi connectivity index (χ0) is 18.4. The second kappa shape index (κ2) is 8.71. The Bertz CT molecular complexity index is 854. The second-order valence-electron chi connectivity index (χ2n) is 4.55. The number of aromatic nitrogens is 1. The van der Waals surface area contributed by atoms with Gasteiger partial charge in [0.2, 0.25) is 0 Å². The van der Waals surface area contributed by atoms with Gasteiger partial charge in [-0.15, -0.1) is 0 Å². The van der Waals surface area contributed by atoms with Gasteiger partial charge < -0.3 is 9.84 Å². The first-order valence-electron chi connectivity index (χ1n) is 6.82. The number of rotatable bonds is 6. The molecule has 9 heteroatoms. The molecule has 6 nitrogen and oxygen atoms in total. The van der Waals surface area contributed by atoms with Gasteiger partial charge in [0.05, 0.1) is 12.8 Å². The fourth-order valence-electron chi connectivity index (χ4n) is 1.85. The summed E-state index contributed by atoms with van der Waals surface area (Å²) >= 11 is 17.8. The van der Waals surface area contributed by atoms with Crippen LogP contribution in [0, 0.1) is 0 Å². The van der Waals surface area contributed by atoms with Gasteiger partial charge >= 0.3 is 5.97 Å². The van der Waals surface area contributed by atoms with Crippen molar-refractivity contribution in [2.75, 3.05) is 12.5 Å². The van der Waals surface area contributed by atoms with E-state index in [1.165, 1.54) is 6.21 Å². The van der Waals surface area contributed by atoms with E-state index in [2.05, 4.69) is 15.5 Å². The highest BCUT2D eigenvalue weighted by Crippen LogP contribution is 2.36. The van der Waals surface area contributed by atoms with Gasteiger partial charge in [-0.05, 0) is 18.2 Å². The molecular weight excluding hydrogens is 389 g/mol. The maximum absolute atomic E-state index is 11.1. The lowest BCUT2D eigenvalue weighted by molar-refractivity contribution is 0.0691. The maximum Gasteiger partial charge on any atom is 0.356 e. The van der Waals surface area contributed by atoms with Crippen LogP contribution in [0.4, 0.5) is 5.69 Å². The third-order valence-electron chi connectivity index (χ3n) is 2.99. The molecule has 0 aliphatic carbocycles. The molecule has 0 unspecified atom stereocenters. The summed E-state index contributed by atoms with van der Waals surface area (Å²) in [5.41, 5.74) is 3.08. The largest absolute Gasteiger partial charge is 0.496 e. The van der Waals surface area contributed by atoms with Crippen LogP contribution in [-0.4, -0.2) is 29.4 Å². The molecule has 25 heavy (non-hydrogen) atoms. The highest BCUT2D eigenvalue weighted by Gasteiger charge is 2.20. The highest BCUT2D eigenvalue weighted by molar-refractivity contribution is 6.46. The predicted octanol–water partition coefficient (Wildman–Crippen LogP) is 4.86. The lowest BCUT2D eigenvalue weighted by atomic mass is 10.2. The van der Waals surface area contributed by atoms with Crippen LogP contribution in [0.5, 0.6) is 5.75 Å². The number of methoxy groups -OCH3 is 1. The van der Waals surface area contributed by atoms with Gasteiger partial charge in [-0.1, -0.05) is 53.0 Å². The summed E-state index contributed by atoms with van der Waals surface area (Å²) in [5, 5.41) is 12.6. The summed E-state index contributed by atoms with van der Waals surface area (Å²) < 4.78 is 5.23. The number of carboxylic acid groups (broad SMARTS) is 1. The van der Waals surface area contributed by atoms with E-state index in [1.54, 1.807) is 19.3 Å². The Hall–Kier alpha value is -2.28. The molecule has 2 rings (SSSR count). The zero-order valence-electron chi connectivity index (χ0n) is 12.8. The minimum atomic E-state index is -1.33. The average Bonchev–Trinajstić information content (AvgIpc) is 2.60. The molecule has 0 saturated carbocycles. The van der Waals surface area contributed by atoms with E-state index in [4.69, 9.17) is 44.6 Å². The molecule has 0 atom stereocenters. The Morgan fingerprint density at radius 3 is 2.68 bits per heavy atom. The number of hydrogen-bond donors (Lipinski definition) is 2. The summed E-state index contributed by atoms with van der Waals surface area (Å²) in [6.45, 7) is 0. The van der Waals surface area contributed by atoms with Crippen LogP contribution in [-0.2, 0) is 0 Å². The third-order valence-corrected chi connectivity index (χ3v) is 4.10. The van der Waals surface area contributed by atoms with Crippen molar-refractivity contribution < 1.29 is 14.6 Å². The lowest BCUT2D eigenvalue weighted by Crippen LogP contribution is -2.05. The second-order valence-corrected chi connectivity index (χ2v) is 5.66. The zero-order valence-corrected chi connectivity index (χ0v) is 15.1. The summed E-state index contributed by atoms with van der Waals surface area (Å²) in [6.07, 6.45) is 4.89. The Balaban J connectivity index is 2.17. The maximum atomic E-state index is 11.1. The number of para-hydroxylation sites is 1. The van der Waals surface area contributed by atoms with Crippen LogP contribution in [0.2, 0.25) is 15.2 Å². The van der Waals surface area contributed by atoms with Crippen molar-refractivity contribution in [3.8, 4) is 5.75 Å². The van der Waals surface area contributed by atoms with Crippen molar-refractivity contribution >= 4 is 58.8 Å². The number of anilines is 1. The van der Waals surface area contributed by atoms with Gasteiger partial charge in [-0.2, -0.15) is 5.10 Å². The molecule has 0 fully saturated rings. The van der Waals surface area contributed by atoms with Crippen molar-refractivity contribution in [2.45, 2.75) is 0 Å². The molecule has 0 bridgehead atoms. The molecule has 2 aromatic rings. The molecule has 1 heterocycles. The van der Waals surface area contributed by atoms with E-state index in [1.807, 2.05) is 24.3 Å². The molecule has 0 radical (unpaired) electrons. The molecule has 0 aliphatic rings. The number of aromatic carboxylic acids is 1. The monoisotopic (exact) mass is 399 g/mol. The lowest BCUT2D eigenvalue weighted by Gasteiger charge is -2.09. The molecule has 1 aromatic heterocycles. The summed E-state index contributed by atoms with van der Waals surface area (Å²) in [4.78, 5) is 14.7. The topological polar surface area (TPSA) is 83.8 Å². The number of hydrazone groups is 1. The van der Waals surface area contributed by atoms with Gasteiger partial charge in [0.15, 0.2) is 10.8 Å². The minimum Gasteiger partial charge on any atom is -0.496 e. The van der Waals surface area contributed by atoms with Crippen molar-refractivity contribution in [2.24, 2.45) is 5.10 Å². The van der Waals surface area contributed by atoms with E-state index in [0.29, 0.717) is 0 Å². The SMILES string of the molecule is COc1ccccc1/C=C/C=N\Nc1c(Cl)c(Cl)nc(C(=O)O)c1Cl. The van der Waals surface area contributed by atoms with Crippen LogP contribution in [0.1, 0.15) is 16.1 Å². The molecule has 0 amide bonds. The van der Waals surface area contributed by atoms with E-state index < -0.39 is 11.7 Å². The van der Waals surface area contributed by atoms with E-state index in [-0.39, 0.29) is 20.9 Å². The van der Waals surface area contributed by atoms with Crippen molar-refractivity contribution in [1.82, 2.24) is 4.98 Å². The third kappa shape index (κ3) is 4.63. The van der Waals surface area contributed by atoms with Crippen LogP contribution in [0.25, 0.3) is 6.08 Å². The van der Waals surface area contributed by atoms with E-state index in [0.717, 1.165) is 11.3 Å². The number of benzene rings is 1. The number of carboxylic acids is 1. The van der Waals surface area contributed by atoms with Crippen LogP contribution in [0.15, 0.2) is 35.4 Å². The first-order chi connectivity index (χ1) is 12.0. The first-order valence-corrected chi connectivity index (χ1v) is 7.95. The number of halogens is 3. The summed E-state index contributed by atoms with van der Waals surface area (Å²) in [6, 6.07) is 7.46. The van der Waals surface area contributed by atoms with Crippen LogP contribution in [0.3, 0.4) is 0 Å². The molecule has 1 aromatic carbocycles. The number of pyridine rings is 1. The Labute approximate surface area is 158 Å². The molecule has 0 spiro atoms. The van der Waals surface area contributed by atoms with Crippen molar-refractivity contribution in [1.29, 1.82) is 0 Å². The first kappa shape index (κ1) is 19.1. The van der Waals surface area contributed by atoms with E-state index >= 15 is 0 Å². The Morgan fingerprint density at radius 1 is 1.28 bits per heavy atom. The fraction of sp³-hybridized carbons (Fsp3) is 0.0625. The smallest absolute Gasteiger partial charge is 0.356 e. The van der Waals surface area contributed by atoms with Gasteiger partial charge in [0.1, 0.15) is 15.8 Å². The quantitative estimate of drug-likeness (QED) is 0.411. The van der Waals surface area contributed by atoms with Gasteiger partial charge in [0, 0.05) is 11.8 Å². The summed E-state index contributed by atoms with van der Waals surface area (Å²) in [5.74, 6) is -0.607. The van der Waals surface area contributed by atoms with Gasteiger partial charge in [-0.3, -0.25) is 5.43 Å². The summed E-state index contributed by atoms with van der Waals surface area (Å²) in [7, 11) is 1.58. The number of carbonyl (C=O) groups is 1. The Morgan fingerprint density at radius 2 is 2.00 bits per heavy atom. The fourth-order valence-corrected chi connectivity index (χ4v) is 2.52. The molecular formula is C16H12Cl3N3O3. The Kier molecular flexibility index (Phi) is 6.64. The predicted molar refractivity (Wildman–Crippen MR) is 100 cm³/mol. The van der Waals surface area contributed by atoms with Crippen LogP contribution >= 0.6 is 34.8 Å². The molecule has 2 N–H and O–H groups in total. The minimum absolute atomic E-state index is 0.0254. The standard InChI is InChI=1S/C16H12Cl3N3O3/c1-25-10-7-3-2-5-9(10)6-4-8-20-22-13-11(17)14(16(23)24)21-15(19)12(13)18/h2-8H,1H3,(H,21,22)(H,23,24)/b6-4+,20-8-. The van der Waals surface area contributed by atoms with Crippen LogP contribution < -0.4 is 10.2 Å². The number of nitrogens with one attached hydrogen (secondary N) is 1. The van der Waals surface area contributed by atoms with Gasteiger partial charge in [-0.25, -0.2) is 9.78 Å². The molecule has 0 aliphatic heterocycles. The highest BCUT2D eigenvalue weighted by atomic mass is 35.5. The number of nitrogens with zero attached hydrogens (tertiary/aromatic N) is 2. The van der Waals surface area contributed by atoms with Gasteiger partial charge in [0.25, 0.3) is 0 Å². The number of hydrogen-bond acceptors (Lipinski definition) is 5. The average molecular weight is 401 g/mol. The number of allylic oxidation sites excluding steroid dienone is 1. The van der Waals surface area contributed by atoms with Crippen molar-refractivity contribution in [3.05, 3.63) is 56.8 Å². The molecule has 130 valence electrons.